The molecule has 0 bridgehead atoms. The minimum atomic E-state index is 0.543. The third-order valence-corrected chi connectivity index (χ3v) is 6.64. The maximum atomic E-state index is 4.05. The van der Waals surface area contributed by atoms with E-state index >= 15 is 0 Å². The lowest BCUT2D eigenvalue weighted by atomic mass is 9.96. The fraction of sp³-hybridized carbons (Fsp3) is 0.474. The molecule has 0 spiro atoms. The number of rotatable bonds is 2. The largest absolute Gasteiger partial charge is 0.0835 e. The molecule has 0 nitrogen and oxygen atoms in total. The number of hydrogen-bond acceptors (Lipinski definition) is 0. The molecule has 0 saturated heterocycles. The second kappa shape index (κ2) is 4.87. The highest BCUT2D eigenvalue weighted by atomic mass is 79.9. The average molecular weight is 329 g/mol. The zero-order chi connectivity index (χ0) is 13.7. The molecular weight excluding hydrogens is 308 g/mol. The van der Waals surface area contributed by atoms with Crippen LogP contribution in [-0.4, -0.2) is 0 Å². The van der Waals surface area contributed by atoms with Crippen LogP contribution in [0.15, 0.2) is 36.4 Å². The summed E-state index contributed by atoms with van der Waals surface area (Å²) in [7, 11) is 0. The number of aryl methyl sites for hydroxylation is 1. The van der Waals surface area contributed by atoms with E-state index < -0.39 is 0 Å². The summed E-state index contributed by atoms with van der Waals surface area (Å²) in [6.07, 6.45) is 5.82. The maximum absolute atomic E-state index is 4.05. The molecule has 104 valence electrons. The van der Waals surface area contributed by atoms with Crippen molar-refractivity contribution < 1.29 is 0 Å². The van der Waals surface area contributed by atoms with Crippen LogP contribution in [-0.2, 0) is 0 Å². The van der Waals surface area contributed by atoms with Crippen molar-refractivity contribution in [1.82, 2.24) is 0 Å². The van der Waals surface area contributed by atoms with Gasteiger partial charge in [-0.15, -0.1) is 0 Å². The standard InChI is InChI=1S/C19H21Br/c1-12-10-11-17(14-7-3-2-6-13(12)14)19(20)18-15-8-4-5-9-16(15)18/h2-3,6-7,10-11,15-16,18-19H,4-5,8-9H2,1H3. The number of hydrogen-bond donors (Lipinski definition) is 0. The summed E-state index contributed by atoms with van der Waals surface area (Å²) in [6.45, 7) is 2.21. The second-order valence-electron chi connectivity index (χ2n) is 6.61. The molecule has 4 rings (SSSR count). The molecule has 2 aliphatic rings. The Bertz CT molecular complexity index is 633. The van der Waals surface area contributed by atoms with Crippen molar-refractivity contribution in [2.75, 3.05) is 0 Å². The zero-order valence-electron chi connectivity index (χ0n) is 12.0. The van der Waals surface area contributed by atoms with Crippen LogP contribution in [0.1, 0.15) is 41.6 Å². The minimum Gasteiger partial charge on any atom is -0.0835 e. The quantitative estimate of drug-likeness (QED) is 0.591. The monoisotopic (exact) mass is 328 g/mol. The van der Waals surface area contributed by atoms with E-state index in [4.69, 9.17) is 0 Å². The summed E-state index contributed by atoms with van der Waals surface area (Å²) in [5.74, 6) is 2.87. The lowest BCUT2D eigenvalue weighted by molar-refractivity contribution is 0.480. The molecule has 0 amide bonds. The molecule has 0 radical (unpaired) electrons. The van der Waals surface area contributed by atoms with E-state index in [9.17, 15) is 0 Å². The molecule has 2 saturated carbocycles. The number of halogens is 1. The Kier molecular flexibility index (Phi) is 3.14. The van der Waals surface area contributed by atoms with Gasteiger partial charge in [-0.05, 0) is 59.4 Å². The Morgan fingerprint density at radius 2 is 1.60 bits per heavy atom. The highest BCUT2D eigenvalue weighted by Crippen LogP contribution is 2.63. The van der Waals surface area contributed by atoms with Crippen LogP contribution in [0.4, 0.5) is 0 Å². The van der Waals surface area contributed by atoms with E-state index in [0.29, 0.717) is 4.83 Å². The molecule has 0 aromatic heterocycles. The van der Waals surface area contributed by atoms with Crippen molar-refractivity contribution >= 4 is 26.7 Å². The van der Waals surface area contributed by atoms with Crippen molar-refractivity contribution in [2.45, 2.75) is 37.4 Å². The summed E-state index contributed by atoms with van der Waals surface area (Å²) in [5.41, 5.74) is 2.89. The smallest absolute Gasteiger partial charge is 0.0435 e. The molecule has 3 unspecified atom stereocenters. The summed E-state index contributed by atoms with van der Waals surface area (Å²) in [4.78, 5) is 0.543. The van der Waals surface area contributed by atoms with Crippen LogP contribution in [0, 0.1) is 24.7 Å². The van der Waals surface area contributed by atoms with Crippen LogP contribution in [0.2, 0.25) is 0 Å². The lowest BCUT2D eigenvalue weighted by Gasteiger charge is -2.15. The van der Waals surface area contributed by atoms with Gasteiger partial charge in [-0.1, -0.05) is 65.2 Å². The first-order valence-electron chi connectivity index (χ1n) is 7.89. The maximum Gasteiger partial charge on any atom is 0.0435 e. The van der Waals surface area contributed by atoms with E-state index in [-0.39, 0.29) is 0 Å². The molecule has 0 aliphatic heterocycles. The number of fused-ring (bicyclic) bond motifs is 2. The number of alkyl halides is 1. The van der Waals surface area contributed by atoms with Gasteiger partial charge >= 0.3 is 0 Å². The van der Waals surface area contributed by atoms with Gasteiger partial charge in [0, 0.05) is 4.83 Å². The van der Waals surface area contributed by atoms with Gasteiger partial charge in [0.1, 0.15) is 0 Å². The summed E-state index contributed by atoms with van der Waals surface area (Å²) in [5, 5.41) is 2.86. The Morgan fingerprint density at radius 3 is 2.30 bits per heavy atom. The van der Waals surface area contributed by atoms with Crippen LogP contribution < -0.4 is 0 Å². The molecule has 2 aromatic rings. The van der Waals surface area contributed by atoms with Crippen molar-refractivity contribution in [3.05, 3.63) is 47.5 Å². The predicted molar refractivity (Wildman–Crippen MR) is 89.3 cm³/mol. The van der Waals surface area contributed by atoms with Crippen LogP contribution >= 0.6 is 15.9 Å². The first-order chi connectivity index (χ1) is 9.77. The Morgan fingerprint density at radius 1 is 0.950 bits per heavy atom. The third kappa shape index (κ3) is 1.94. The van der Waals surface area contributed by atoms with Gasteiger partial charge in [-0.3, -0.25) is 0 Å². The zero-order valence-corrected chi connectivity index (χ0v) is 13.6. The SMILES string of the molecule is Cc1ccc(C(Br)C2C3CCCCC32)c2ccccc12. The van der Waals surface area contributed by atoms with Gasteiger partial charge in [0.25, 0.3) is 0 Å². The van der Waals surface area contributed by atoms with Crippen molar-refractivity contribution in [3.63, 3.8) is 0 Å². The van der Waals surface area contributed by atoms with E-state index in [1.807, 2.05) is 0 Å². The van der Waals surface area contributed by atoms with E-state index in [1.165, 1.54) is 47.6 Å². The van der Waals surface area contributed by atoms with Gasteiger partial charge < -0.3 is 0 Å². The van der Waals surface area contributed by atoms with Crippen LogP contribution in [0.5, 0.6) is 0 Å². The van der Waals surface area contributed by atoms with Crippen LogP contribution in [0.3, 0.4) is 0 Å². The second-order valence-corrected chi connectivity index (χ2v) is 7.60. The molecule has 2 fully saturated rings. The topological polar surface area (TPSA) is 0 Å². The molecule has 2 aromatic carbocycles. The predicted octanol–water partition coefficient (Wildman–Crippen LogP) is 6.02. The Labute approximate surface area is 129 Å². The van der Waals surface area contributed by atoms with Crippen LogP contribution in [0.25, 0.3) is 10.8 Å². The van der Waals surface area contributed by atoms with E-state index in [0.717, 1.165) is 17.8 Å². The highest BCUT2D eigenvalue weighted by molar-refractivity contribution is 9.09. The molecular formula is C19H21Br. The molecule has 20 heavy (non-hydrogen) atoms. The summed E-state index contributed by atoms with van der Waals surface area (Å²) >= 11 is 4.05. The van der Waals surface area contributed by atoms with Gasteiger partial charge in [-0.2, -0.15) is 0 Å². The summed E-state index contributed by atoms with van der Waals surface area (Å²) in [6, 6.07) is 13.5. The fourth-order valence-electron chi connectivity index (χ4n) is 4.40. The molecule has 0 heterocycles. The first kappa shape index (κ1) is 12.9. The Balaban J connectivity index is 1.73. The van der Waals surface area contributed by atoms with E-state index in [2.05, 4.69) is 59.3 Å². The summed E-state index contributed by atoms with van der Waals surface area (Å²) < 4.78 is 0. The molecule has 1 heteroatoms. The Hall–Kier alpha value is -0.820. The van der Waals surface area contributed by atoms with Crippen molar-refractivity contribution in [3.8, 4) is 0 Å². The fourth-order valence-corrected chi connectivity index (χ4v) is 5.59. The molecule has 2 aliphatic carbocycles. The van der Waals surface area contributed by atoms with Crippen molar-refractivity contribution in [2.24, 2.45) is 17.8 Å². The first-order valence-corrected chi connectivity index (χ1v) is 8.81. The highest BCUT2D eigenvalue weighted by Gasteiger charge is 2.53. The van der Waals surface area contributed by atoms with Crippen molar-refractivity contribution in [1.29, 1.82) is 0 Å². The minimum absolute atomic E-state index is 0.543. The lowest BCUT2D eigenvalue weighted by Crippen LogP contribution is -1.97. The van der Waals surface area contributed by atoms with Gasteiger partial charge in [0.15, 0.2) is 0 Å². The number of benzene rings is 2. The normalized spacial score (nSPS) is 30.0. The third-order valence-electron chi connectivity index (χ3n) is 5.53. The van der Waals surface area contributed by atoms with Gasteiger partial charge in [0.2, 0.25) is 0 Å². The molecule has 0 N–H and O–H groups in total. The van der Waals surface area contributed by atoms with Gasteiger partial charge in [-0.25, -0.2) is 0 Å². The molecule has 3 atom stereocenters. The van der Waals surface area contributed by atoms with Gasteiger partial charge in [0.05, 0.1) is 0 Å². The van der Waals surface area contributed by atoms with E-state index in [1.54, 1.807) is 0 Å². The average Bonchev–Trinajstić information content (AvgIpc) is 3.22.